The van der Waals surface area contributed by atoms with E-state index in [1.807, 2.05) is 0 Å². The third-order valence-electron chi connectivity index (χ3n) is 9.62. The van der Waals surface area contributed by atoms with Crippen LogP contribution in [0.4, 0.5) is 17.1 Å². The Morgan fingerprint density at radius 3 is 1.69 bits per heavy atom. The van der Waals surface area contributed by atoms with E-state index in [1.165, 1.54) is 65.7 Å². The van der Waals surface area contributed by atoms with Crippen LogP contribution in [-0.2, 0) is 0 Å². The zero-order valence-corrected chi connectivity index (χ0v) is 27.0. The highest BCUT2D eigenvalue weighted by Crippen LogP contribution is 2.45. The predicted octanol–water partition coefficient (Wildman–Crippen LogP) is 13.6. The van der Waals surface area contributed by atoms with Gasteiger partial charge in [-0.15, -0.1) is 0 Å². The van der Waals surface area contributed by atoms with Crippen molar-refractivity contribution < 1.29 is 0 Å². The summed E-state index contributed by atoms with van der Waals surface area (Å²) < 4.78 is 0. The van der Waals surface area contributed by atoms with E-state index in [0.29, 0.717) is 0 Å². The van der Waals surface area contributed by atoms with Gasteiger partial charge in [0.05, 0.1) is 5.69 Å². The molecule has 0 saturated heterocycles. The van der Waals surface area contributed by atoms with Crippen LogP contribution in [0.15, 0.2) is 200 Å². The number of hydrogen-bond donors (Lipinski definition) is 0. The number of nitrogens with zero attached hydrogens (tertiary/aromatic N) is 1. The predicted molar refractivity (Wildman–Crippen MR) is 210 cm³/mol. The number of anilines is 3. The number of para-hydroxylation sites is 1. The Balaban J connectivity index is 1.24. The van der Waals surface area contributed by atoms with Crippen LogP contribution in [0.1, 0.15) is 0 Å². The standard InChI is InChI=1S/C48H33N/c1-2-13-34(14-3-1)38-18-12-19-42(32-38)49(41-29-27-36(28-30-41)39-26-25-35-15-4-5-16-37(35)31-39)48-24-11-10-23-46(48)47-33-40-17-6-7-20-43(40)44-21-8-9-22-45(44)47/h1-33H. The van der Waals surface area contributed by atoms with Gasteiger partial charge in [0.1, 0.15) is 0 Å². The lowest BCUT2D eigenvalue weighted by molar-refractivity contribution is 1.28. The molecule has 0 radical (unpaired) electrons. The van der Waals surface area contributed by atoms with Gasteiger partial charge < -0.3 is 4.90 Å². The van der Waals surface area contributed by atoms with Gasteiger partial charge in [0.2, 0.25) is 0 Å². The first-order valence-electron chi connectivity index (χ1n) is 16.8. The van der Waals surface area contributed by atoms with E-state index in [-0.39, 0.29) is 0 Å². The molecule has 0 N–H and O–H groups in total. The third-order valence-corrected chi connectivity index (χ3v) is 9.62. The third kappa shape index (κ3) is 5.32. The molecule has 0 spiro atoms. The van der Waals surface area contributed by atoms with E-state index in [4.69, 9.17) is 0 Å². The molecule has 1 nitrogen and oxygen atoms in total. The second-order valence-corrected chi connectivity index (χ2v) is 12.6. The van der Waals surface area contributed by atoms with Gasteiger partial charge in [0, 0.05) is 16.9 Å². The van der Waals surface area contributed by atoms with Crippen LogP contribution in [0, 0.1) is 0 Å². The summed E-state index contributed by atoms with van der Waals surface area (Å²) in [5, 5.41) is 7.53. The lowest BCUT2D eigenvalue weighted by Gasteiger charge is -2.29. The summed E-state index contributed by atoms with van der Waals surface area (Å²) in [6, 6.07) is 72.5. The quantitative estimate of drug-likeness (QED) is 0.167. The summed E-state index contributed by atoms with van der Waals surface area (Å²) in [6.45, 7) is 0. The number of benzene rings is 9. The lowest BCUT2D eigenvalue weighted by Crippen LogP contribution is -2.11. The maximum atomic E-state index is 2.41. The largest absolute Gasteiger partial charge is 0.310 e. The summed E-state index contributed by atoms with van der Waals surface area (Å²) in [4.78, 5) is 2.41. The molecule has 0 aliphatic carbocycles. The molecule has 0 atom stereocenters. The molecule has 9 rings (SSSR count). The van der Waals surface area contributed by atoms with Gasteiger partial charge in [-0.1, -0.05) is 158 Å². The van der Waals surface area contributed by atoms with Gasteiger partial charge in [-0.2, -0.15) is 0 Å². The topological polar surface area (TPSA) is 3.24 Å². The molecule has 9 aromatic rings. The average molecular weight is 624 g/mol. The van der Waals surface area contributed by atoms with Gasteiger partial charge in [0.25, 0.3) is 0 Å². The molecular formula is C48H33N. The Kier molecular flexibility index (Phi) is 7.22. The SMILES string of the molecule is c1ccc(-c2cccc(N(c3ccc(-c4ccc5ccccc5c4)cc3)c3ccccc3-c3cc4ccccc4c4ccccc34)c2)cc1. The second-order valence-electron chi connectivity index (χ2n) is 12.6. The van der Waals surface area contributed by atoms with Crippen LogP contribution in [0.25, 0.3) is 65.7 Å². The molecule has 0 bridgehead atoms. The summed E-state index contributed by atoms with van der Waals surface area (Å²) >= 11 is 0. The molecule has 9 aromatic carbocycles. The monoisotopic (exact) mass is 623 g/mol. The minimum absolute atomic E-state index is 1.10. The van der Waals surface area contributed by atoms with Crippen molar-refractivity contribution in [2.75, 3.05) is 4.90 Å². The fourth-order valence-corrected chi connectivity index (χ4v) is 7.23. The van der Waals surface area contributed by atoms with Crippen molar-refractivity contribution in [1.82, 2.24) is 0 Å². The Bertz CT molecular complexity index is 2600. The van der Waals surface area contributed by atoms with E-state index in [1.54, 1.807) is 0 Å². The highest BCUT2D eigenvalue weighted by Gasteiger charge is 2.20. The van der Waals surface area contributed by atoms with Crippen LogP contribution >= 0.6 is 0 Å². The highest BCUT2D eigenvalue weighted by atomic mass is 15.1. The van der Waals surface area contributed by atoms with Gasteiger partial charge in [-0.25, -0.2) is 0 Å². The molecule has 0 unspecified atom stereocenters. The van der Waals surface area contributed by atoms with Crippen LogP contribution < -0.4 is 4.90 Å². The van der Waals surface area contributed by atoms with Gasteiger partial charge >= 0.3 is 0 Å². The molecule has 0 aliphatic heterocycles. The number of fused-ring (bicyclic) bond motifs is 4. The molecule has 0 fully saturated rings. The number of hydrogen-bond acceptors (Lipinski definition) is 1. The summed E-state index contributed by atoms with van der Waals surface area (Å²) in [6.07, 6.45) is 0. The van der Waals surface area contributed by atoms with Gasteiger partial charge in [0.15, 0.2) is 0 Å². The van der Waals surface area contributed by atoms with Crippen molar-refractivity contribution in [3.05, 3.63) is 200 Å². The zero-order valence-electron chi connectivity index (χ0n) is 27.0. The van der Waals surface area contributed by atoms with Crippen molar-refractivity contribution in [2.45, 2.75) is 0 Å². The zero-order chi connectivity index (χ0) is 32.6. The minimum atomic E-state index is 1.10. The molecule has 0 aromatic heterocycles. The summed E-state index contributed by atoms with van der Waals surface area (Å²) in [5.74, 6) is 0. The van der Waals surface area contributed by atoms with E-state index < -0.39 is 0 Å². The Morgan fingerprint density at radius 2 is 0.857 bits per heavy atom. The molecular weight excluding hydrogens is 591 g/mol. The van der Waals surface area contributed by atoms with Crippen molar-refractivity contribution in [3.8, 4) is 33.4 Å². The molecule has 230 valence electrons. The smallest absolute Gasteiger partial charge is 0.0540 e. The Labute approximate surface area is 287 Å². The lowest BCUT2D eigenvalue weighted by atomic mass is 9.92. The van der Waals surface area contributed by atoms with E-state index in [9.17, 15) is 0 Å². The first kappa shape index (κ1) is 28.8. The van der Waals surface area contributed by atoms with Crippen LogP contribution in [0.2, 0.25) is 0 Å². The van der Waals surface area contributed by atoms with Gasteiger partial charge in [-0.3, -0.25) is 0 Å². The van der Waals surface area contributed by atoms with Crippen LogP contribution in [-0.4, -0.2) is 0 Å². The number of rotatable bonds is 6. The molecule has 0 saturated carbocycles. The van der Waals surface area contributed by atoms with E-state index in [0.717, 1.165) is 17.1 Å². The molecule has 0 amide bonds. The summed E-state index contributed by atoms with van der Waals surface area (Å²) in [7, 11) is 0. The molecule has 0 heterocycles. The van der Waals surface area contributed by atoms with E-state index in [2.05, 4.69) is 205 Å². The summed E-state index contributed by atoms with van der Waals surface area (Å²) in [5.41, 5.74) is 10.5. The maximum Gasteiger partial charge on any atom is 0.0540 e. The maximum absolute atomic E-state index is 2.41. The van der Waals surface area contributed by atoms with Crippen molar-refractivity contribution in [2.24, 2.45) is 0 Å². The normalized spacial score (nSPS) is 11.3. The van der Waals surface area contributed by atoms with Crippen LogP contribution in [0.3, 0.4) is 0 Å². The van der Waals surface area contributed by atoms with Crippen LogP contribution in [0.5, 0.6) is 0 Å². The average Bonchev–Trinajstić information content (AvgIpc) is 3.18. The molecule has 1 heteroatoms. The van der Waals surface area contributed by atoms with Crippen molar-refractivity contribution in [1.29, 1.82) is 0 Å². The minimum Gasteiger partial charge on any atom is -0.310 e. The van der Waals surface area contributed by atoms with Gasteiger partial charge in [-0.05, 0) is 103 Å². The van der Waals surface area contributed by atoms with Crippen molar-refractivity contribution in [3.63, 3.8) is 0 Å². The first-order valence-corrected chi connectivity index (χ1v) is 16.8. The van der Waals surface area contributed by atoms with Crippen molar-refractivity contribution >= 4 is 49.4 Å². The Morgan fingerprint density at radius 1 is 0.265 bits per heavy atom. The molecule has 0 aliphatic rings. The highest BCUT2D eigenvalue weighted by molar-refractivity contribution is 6.15. The first-order chi connectivity index (χ1) is 24.3. The fraction of sp³-hybridized carbons (Fsp3) is 0. The molecule has 49 heavy (non-hydrogen) atoms. The Hall–Kier alpha value is -6.44. The second kappa shape index (κ2) is 12.3. The fourth-order valence-electron chi connectivity index (χ4n) is 7.23. The van der Waals surface area contributed by atoms with E-state index >= 15 is 0 Å².